The molecule has 18 heavy (non-hydrogen) atoms. The number of hydrogen-bond donors (Lipinski definition) is 1. The van der Waals surface area contributed by atoms with Crippen LogP contribution in [0.5, 0.6) is 0 Å². The summed E-state index contributed by atoms with van der Waals surface area (Å²) in [6, 6.07) is 3.13. The molecule has 1 aliphatic rings. The molecule has 2 rings (SSSR count). The molecule has 1 amide bonds. The Labute approximate surface area is 118 Å². The Hall–Kier alpha value is -0.650. The highest BCUT2D eigenvalue weighted by Crippen LogP contribution is 2.17. The highest BCUT2D eigenvalue weighted by Gasteiger charge is 2.21. The molecule has 0 bridgehead atoms. The summed E-state index contributed by atoms with van der Waals surface area (Å²) < 4.78 is 11.2. The van der Waals surface area contributed by atoms with Gasteiger partial charge in [-0.2, -0.15) is 0 Å². The molecule has 0 saturated carbocycles. The second-order valence-corrected chi connectivity index (χ2v) is 6.51. The molecule has 0 spiro atoms. The molecule has 0 aliphatic carbocycles. The highest BCUT2D eigenvalue weighted by molar-refractivity contribution is 7.85. The van der Waals surface area contributed by atoms with E-state index in [9.17, 15) is 9.00 Å². The molecular weight excluding hydrogens is 295 g/mol. The molecule has 0 unspecified atom stereocenters. The summed E-state index contributed by atoms with van der Waals surface area (Å²) in [4.78, 5) is 15.8. The van der Waals surface area contributed by atoms with Crippen molar-refractivity contribution in [2.75, 3.05) is 11.5 Å². The number of hydrogen-bond acceptors (Lipinski definition) is 3. The number of nitrogens with one attached hydrogen (secondary N) is 1. The fourth-order valence-corrected chi connectivity index (χ4v) is 3.51. The Kier molecular flexibility index (Phi) is 4.59. The van der Waals surface area contributed by atoms with Crippen LogP contribution in [0.15, 0.2) is 12.1 Å². The van der Waals surface area contributed by atoms with Crippen LogP contribution in [0.1, 0.15) is 23.2 Å². The molecule has 98 valence electrons. The largest absolute Gasteiger partial charge is 0.349 e. The average molecular weight is 307 g/mol. The van der Waals surface area contributed by atoms with E-state index in [-0.39, 0.29) is 22.3 Å². The van der Waals surface area contributed by atoms with Gasteiger partial charge in [0.2, 0.25) is 0 Å². The zero-order chi connectivity index (χ0) is 13.1. The van der Waals surface area contributed by atoms with Gasteiger partial charge in [-0.05, 0) is 25.0 Å². The molecule has 1 aliphatic heterocycles. The fraction of sp³-hybridized carbons (Fsp3) is 0.455. The maximum atomic E-state index is 12.0. The van der Waals surface area contributed by atoms with Crippen LogP contribution in [0.3, 0.4) is 0 Å². The van der Waals surface area contributed by atoms with E-state index in [1.807, 2.05) is 0 Å². The van der Waals surface area contributed by atoms with Gasteiger partial charge in [0.1, 0.15) is 10.3 Å². The Bertz CT molecular complexity index is 486. The smallest absolute Gasteiger partial charge is 0.254 e. The summed E-state index contributed by atoms with van der Waals surface area (Å²) in [5.41, 5.74) is 0.313. The van der Waals surface area contributed by atoms with Gasteiger partial charge in [0.15, 0.2) is 0 Å². The number of amides is 1. The van der Waals surface area contributed by atoms with Gasteiger partial charge in [0.25, 0.3) is 5.91 Å². The molecule has 1 aromatic rings. The molecule has 1 saturated heterocycles. The van der Waals surface area contributed by atoms with Crippen LogP contribution >= 0.6 is 23.2 Å². The van der Waals surface area contributed by atoms with Gasteiger partial charge in [0, 0.05) is 28.3 Å². The van der Waals surface area contributed by atoms with Crippen molar-refractivity contribution in [1.82, 2.24) is 10.3 Å². The van der Waals surface area contributed by atoms with Crippen molar-refractivity contribution in [2.45, 2.75) is 18.9 Å². The number of nitrogens with zero attached hydrogens (tertiary/aromatic N) is 1. The van der Waals surface area contributed by atoms with Crippen molar-refractivity contribution in [2.24, 2.45) is 0 Å². The molecule has 1 fully saturated rings. The number of rotatable bonds is 2. The number of carbonyl (C=O) groups excluding carboxylic acids is 1. The molecule has 4 nitrogen and oxygen atoms in total. The lowest BCUT2D eigenvalue weighted by Crippen LogP contribution is -2.39. The molecule has 1 N–H and O–H groups in total. The summed E-state index contributed by atoms with van der Waals surface area (Å²) in [5, 5.41) is 3.23. The maximum absolute atomic E-state index is 12.0. The van der Waals surface area contributed by atoms with Crippen molar-refractivity contribution >= 4 is 39.9 Å². The van der Waals surface area contributed by atoms with Crippen LogP contribution < -0.4 is 5.32 Å². The summed E-state index contributed by atoms with van der Waals surface area (Å²) in [6.45, 7) is 0. The summed E-state index contributed by atoms with van der Waals surface area (Å²) in [6.07, 6.45) is 1.47. The molecule has 2 heterocycles. The van der Waals surface area contributed by atoms with Gasteiger partial charge >= 0.3 is 0 Å². The predicted octanol–water partition coefficient (Wildman–Crippen LogP) is 2.03. The van der Waals surface area contributed by atoms with E-state index in [2.05, 4.69) is 10.3 Å². The number of pyridine rings is 1. The third-order valence-corrected chi connectivity index (χ3v) is 4.66. The van der Waals surface area contributed by atoms with Gasteiger partial charge in [-0.25, -0.2) is 4.98 Å². The first kappa shape index (κ1) is 13.8. The third-order valence-electron chi connectivity index (χ3n) is 2.78. The lowest BCUT2D eigenvalue weighted by atomic mass is 10.1. The van der Waals surface area contributed by atoms with E-state index in [4.69, 9.17) is 23.2 Å². The van der Waals surface area contributed by atoms with E-state index in [1.54, 1.807) is 6.07 Å². The van der Waals surface area contributed by atoms with Crippen molar-refractivity contribution < 1.29 is 9.00 Å². The zero-order valence-electron chi connectivity index (χ0n) is 9.49. The topological polar surface area (TPSA) is 59.1 Å². The molecule has 1 aromatic heterocycles. The van der Waals surface area contributed by atoms with Crippen LogP contribution in [-0.2, 0) is 10.8 Å². The second kappa shape index (κ2) is 5.99. The van der Waals surface area contributed by atoms with Gasteiger partial charge in [-0.3, -0.25) is 9.00 Å². The molecule has 0 aromatic carbocycles. The standard InChI is InChI=1S/C11H12Cl2N2O2S/c12-9-2-1-8(10(13)15-9)11(16)14-7-3-5-18(17)6-4-7/h1-2,7H,3-6H2,(H,14,16). The van der Waals surface area contributed by atoms with Crippen LogP contribution in [-0.4, -0.2) is 32.6 Å². The minimum Gasteiger partial charge on any atom is -0.349 e. The molecular formula is C11H12Cl2N2O2S. The van der Waals surface area contributed by atoms with Gasteiger partial charge in [0.05, 0.1) is 5.56 Å². The first-order valence-corrected chi connectivity index (χ1v) is 7.78. The zero-order valence-corrected chi connectivity index (χ0v) is 11.8. The lowest BCUT2D eigenvalue weighted by molar-refractivity contribution is 0.0934. The molecule has 7 heteroatoms. The van der Waals surface area contributed by atoms with E-state index in [0.29, 0.717) is 17.1 Å². The van der Waals surface area contributed by atoms with Crippen LogP contribution in [0.4, 0.5) is 0 Å². The number of aromatic nitrogens is 1. The van der Waals surface area contributed by atoms with Crippen LogP contribution in [0.2, 0.25) is 10.3 Å². The Morgan fingerprint density at radius 1 is 1.33 bits per heavy atom. The fourth-order valence-electron chi connectivity index (χ4n) is 1.78. The summed E-state index contributed by atoms with van der Waals surface area (Å²) in [5.74, 6) is 1.01. The van der Waals surface area contributed by atoms with Crippen LogP contribution in [0, 0.1) is 0 Å². The summed E-state index contributed by atoms with van der Waals surface area (Å²) in [7, 11) is -0.735. The van der Waals surface area contributed by atoms with E-state index in [1.165, 1.54) is 6.07 Å². The van der Waals surface area contributed by atoms with Crippen LogP contribution in [0.25, 0.3) is 0 Å². The first-order valence-electron chi connectivity index (χ1n) is 5.54. The first-order chi connectivity index (χ1) is 8.56. The Balaban J connectivity index is 2.01. The van der Waals surface area contributed by atoms with Crippen molar-refractivity contribution in [1.29, 1.82) is 0 Å². The Morgan fingerprint density at radius 2 is 2.00 bits per heavy atom. The minimum absolute atomic E-state index is 0.0574. The predicted molar refractivity (Wildman–Crippen MR) is 72.6 cm³/mol. The van der Waals surface area contributed by atoms with E-state index in [0.717, 1.165) is 12.8 Å². The van der Waals surface area contributed by atoms with E-state index < -0.39 is 10.8 Å². The third kappa shape index (κ3) is 3.43. The second-order valence-electron chi connectivity index (χ2n) is 4.07. The van der Waals surface area contributed by atoms with Crippen molar-refractivity contribution in [3.05, 3.63) is 28.0 Å². The monoisotopic (exact) mass is 306 g/mol. The normalized spacial score (nSPS) is 23.7. The van der Waals surface area contributed by atoms with Crippen molar-refractivity contribution in [3.63, 3.8) is 0 Å². The lowest BCUT2D eigenvalue weighted by Gasteiger charge is -2.22. The molecule has 0 atom stereocenters. The minimum atomic E-state index is -0.735. The number of carbonyl (C=O) groups is 1. The number of halogens is 2. The highest BCUT2D eigenvalue weighted by atomic mass is 35.5. The quantitative estimate of drug-likeness (QED) is 0.851. The summed E-state index contributed by atoms with van der Waals surface area (Å²) >= 11 is 11.5. The Morgan fingerprint density at radius 3 is 2.61 bits per heavy atom. The van der Waals surface area contributed by atoms with Crippen molar-refractivity contribution in [3.8, 4) is 0 Å². The van der Waals surface area contributed by atoms with E-state index >= 15 is 0 Å². The van der Waals surface area contributed by atoms with Gasteiger partial charge < -0.3 is 5.32 Å². The maximum Gasteiger partial charge on any atom is 0.254 e. The molecule has 0 radical (unpaired) electrons. The SMILES string of the molecule is O=C(NC1CCS(=O)CC1)c1ccc(Cl)nc1Cl. The van der Waals surface area contributed by atoms with Gasteiger partial charge in [-0.1, -0.05) is 23.2 Å². The van der Waals surface area contributed by atoms with Gasteiger partial charge in [-0.15, -0.1) is 0 Å². The average Bonchev–Trinajstić information content (AvgIpc) is 2.32.